The van der Waals surface area contributed by atoms with Crippen LogP contribution >= 0.6 is 11.3 Å². The van der Waals surface area contributed by atoms with E-state index in [0.29, 0.717) is 4.78 Å². The molecule has 12 heavy (non-hydrogen) atoms. The summed E-state index contributed by atoms with van der Waals surface area (Å²) in [6, 6.07) is 3.45. The topological polar surface area (TPSA) is 80.9 Å². The Kier molecular flexibility index (Phi) is 7.03. The molecule has 1 heterocycles. The first-order chi connectivity index (χ1) is 5.72. The summed E-state index contributed by atoms with van der Waals surface area (Å²) in [7, 11) is -1.30. The van der Waals surface area contributed by atoms with E-state index in [9.17, 15) is 0 Å². The van der Waals surface area contributed by atoms with E-state index in [1.54, 1.807) is 17.5 Å². The van der Waals surface area contributed by atoms with E-state index in [0.717, 1.165) is 0 Å². The summed E-state index contributed by atoms with van der Waals surface area (Å²) in [5.41, 5.74) is 0. The first-order valence-corrected chi connectivity index (χ1v) is 4.21. The molecule has 0 radical (unpaired) electrons. The standard InChI is InChI=1S/C4H5BO2S.C2H6O2/c6-5(7)4-2-1-3-8-4;3-1-2-4/h1-3,6-7H;3-4H,1-2H2. The molecule has 0 spiro atoms. The first-order valence-electron chi connectivity index (χ1n) is 3.33. The van der Waals surface area contributed by atoms with Crippen LogP contribution in [0.2, 0.25) is 0 Å². The van der Waals surface area contributed by atoms with Crippen LogP contribution in [0.4, 0.5) is 0 Å². The molecule has 0 amide bonds. The summed E-state index contributed by atoms with van der Waals surface area (Å²) in [6.07, 6.45) is 0. The third-order valence-corrected chi connectivity index (χ3v) is 1.81. The number of hydrogen-bond acceptors (Lipinski definition) is 5. The molecule has 0 atom stereocenters. The van der Waals surface area contributed by atoms with E-state index < -0.39 is 7.12 Å². The van der Waals surface area contributed by atoms with Crippen molar-refractivity contribution < 1.29 is 20.3 Å². The molecular formula is C6H11BO4S. The van der Waals surface area contributed by atoms with Crippen LogP contribution in [0, 0.1) is 0 Å². The largest absolute Gasteiger partial charge is 0.499 e. The predicted octanol–water partition coefficient (Wildman–Crippen LogP) is -1.60. The van der Waals surface area contributed by atoms with Crippen molar-refractivity contribution in [3.8, 4) is 0 Å². The van der Waals surface area contributed by atoms with E-state index in [1.807, 2.05) is 0 Å². The zero-order valence-corrected chi connectivity index (χ0v) is 7.24. The smallest absolute Gasteiger partial charge is 0.423 e. The van der Waals surface area contributed by atoms with Gasteiger partial charge in [0.15, 0.2) is 0 Å². The average molecular weight is 190 g/mol. The third kappa shape index (κ3) is 5.28. The van der Waals surface area contributed by atoms with Crippen molar-refractivity contribution in [1.82, 2.24) is 0 Å². The Balaban J connectivity index is 0.000000261. The minimum atomic E-state index is -1.30. The van der Waals surface area contributed by atoms with Crippen LogP contribution < -0.4 is 4.78 Å². The Morgan fingerprint density at radius 3 is 2.00 bits per heavy atom. The lowest BCUT2D eigenvalue weighted by atomic mass is 9.90. The number of aliphatic hydroxyl groups excluding tert-OH is 2. The number of thiophene rings is 1. The first kappa shape index (κ1) is 11.6. The lowest BCUT2D eigenvalue weighted by Crippen LogP contribution is -2.26. The average Bonchev–Trinajstić information content (AvgIpc) is 2.57. The Labute approximate surface area is 74.9 Å². The summed E-state index contributed by atoms with van der Waals surface area (Å²) in [4.78, 5) is 0. The van der Waals surface area contributed by atoms with Gasteiger partial charge in [-0.05, 0) is 5.38 Å². The van der Waals surface area contributed by atoms with Crippen LogP contribution in [-0.2, 0) is 0 Å². The Morgan fingerprint density at radius 2 is 1.83 bits per heavy atom. The van der Waals surface area contributed by atoms with Crippen LogP contribution in [-0.4, -0.2) is 40.6 Å². The molecule has 0 unspecified atom stereocenters. The molecule has 0 aliphatic rings. The second-order valence-electron chi connectivity index (χ2n) is 1.84. The summed E-state index contributed by atoms with van der Waals surface area (Å²) in [6.45, 7) is -0.250. The van der Waals surface area contributed by atoms with Crippen LogP contribution in [0.1, 0.15) is 0 Å². The van der Waals surface area contributed by atoms with Gasteiger partial charge >= 0.3 is 7.12 Å². The van der Waals surface area contributed by atoms with Crippen molar-refractivity contribution in [1.29, 1.82) is 0 Å². The molecule has 0 aliphatic carbocycles. The second kappa shape index (κ2) is 7.26. The van der Waals surface area contributed by atoms with Crippen molar-refractivity contribution in [2.45, 2.75) is 0 Å². The van der Waals surface area contributed by atoms with Gasteiger partial charge in [0.25, 0.3) is 0 Å². The van der Waals surface area contributed by atoms with Crippen molar-refractivity contribution in [2.75, 3.05) is 13.2 Å². The fraction of sp³-hybridized carbons (Fsp3) is 0.333. The summed E-state index contributed by atoms with van der Waals surface area (Å²) in [5.74, 6) is 0. The molecule has 0 bridgehead atoms. The quantitative estimate of drug-likeness (QED) is 0.423. The van der Waals surface area contributed by atoms with E-state index in [1.165, 1.54) is 11.3 Å². The molecule has 0 aliphatic heterocycles. The lowest BCUT2D eigenvalue weighted by molar-refractivity contribution is 0.186. The van der Waals surface area contributed by atoms with Gasteiger partial charge in [-0.3, -0.25) is 0 Å². The molecule has 4 N–H and O–H groups in total. The Bertz CT molecular complexity index is 176. The van der Waals surface area contributed by atoms with Crippen LogP contribution in [0.15, 0.2) is 17.5 Å². The van der Waals surface area contributed by atoms with Gasteiger partial charge in [-0.1, -0.05) is 12.1 Å². The van der Waals surface area contributed by atoms with Gasteiger partial charge in [-0.15, -0.1) is 0 Å². The zero-order chi connectivity index (χ0) is 9.40. The number of rotatable bonds is 2. The van der Waals surface area contributed by atoms with E-state index >= 15 is 0 Å². The lowest BCUT2D eigenvalue weighted by Gasteiger charge is -1.87. The van der Waals surface area contributed by atoms with Gasteiger partial charge in [0.2, 0.25) is 0 Å². The highest BCUT2D eigenvalue weighted by molar-refractivity contribution is 7.20. The minimum absolute atomic E-state index is 0.125. The van der Waals surface area contributed by atoms with Crippen molar-refractivity contribution in [3.63, 3.8) is 0 Å². The fourth-order valence-electron chi connectivity index (χ4n) is 0.438. The van der Waals surface area contributed by atoms with Crippen molar-refractivity contribution in [3.05, 3.63) is 17.5 Å². The molecule has 0 saturated heterocycles. The maximum atomic E-state index is 8.48. The van der Waals surface area contributed by atoms with Gasteiger partial charge in [0.1, 0.15) is 0 Å². The molecule has 68 valence electrons. The molecule has 6 heteroatoms. The number of hydrogen-bond donors (Lipinski definition) is 4. The zero-order valence-electron chi connectivity index (χ0n) is 6.42. The Hall–Kier alpha value is -0.395. The van der Waals surface area contributed by atoms with Gasteiger partial charge in [-0.2, -0.15) is 11.3 Å². The van der Waals surface area contributed by atoms with Crippen LogP contribution in [0.3, 0.4) is 0 Å². The highest BCUT2D eigenvalue weighted by Gasteiger charge is 2.09. The molecule has 0 saturated carbocycles. The fourth-order valence-corrected chi connectivity index (χ4v) is 1.03. The highest BCUT2D eigenvalue weighted by atomic mass is 32.1. The highest BCUT2D eigenvalue weighted by Crippen LogP contribution is 1.92. The second-order valence-corrected chi connectivity index (χ2v) is 2.82. The molecule has 1 rings (SSSR count). The Morgan fingerprint density at radius 1 is 1.25 bits per heavy atom. The molecule has 1 aromatic heterocycles. The minimum Gasteiger partial charge on any atom is -0.423 e. The van der Waals surface area contributed by atoms with E-state index in [-0.39, 0.29) is 13.2 Å². The maximum absolute atomic E-state index is 8.48. The summed E-state index contributed by atoms with van der Waals surface area (Å²) >= 11 is 1.33. The van der Waals surface area contributed by atoms with Crippen molar-refractivity contribution in [2.24, 2.45) is 0 Å². The molecule has 1 aromatic rings. The monoisotopic (exact) mass is 190 g/mol. The molecular weight excluding hydrogens is 179 g/mol. The SMILES string of the molecule is OB(O)c1cccs1.OCCO. The van der Waals surface area contributed by atoms with Gasteiger partial charge in [-0.25, -0.2) is 0 Å². The van der Waals surface area contributed by atoms with E-state index in [2.05, 4.69) is 0 Å². The van der Waals surface area contributed by atoms with Gasteiger partial charge < -0.3 is 20.3 Å². The van der Waals surface area contributed by atoms with Crippen LogP contribution in [0.25, 0.3) is 0 Å². The summed E-state index contributed by atoms with van der Waals surface area (Å²) < 4.78 is 0.588. The maximum Gasteiger partial charge on any atom is 0.499 e. The van der Waals surface area contributed by atoms with Gasteiger partial charge in [0, 0.05) is 4.78 Å². The number of aliphatic hydroxyl groups is 2. The molecule has 0 aromatic carbocycles. The van der Waals surface area contributed by atoms with E-state index in [4.69, 9.17) is 20.3 Å². The third-order valence-electron chi connectivity index (χ3n) is 0.898. The van der Waals surface area contributed by atoms with Crippen molar-refractivity contribution >= 4 is 23.2 Å². The summed E-state index contributed by atoms with van der Waals surface area (Å²) in [5, 5.41) is 34.0. The predicted molar refractivity (Wildman–Crippen MR) is 48.3 cm³/mol. The molecule has 0 fully saturated rings. The van der Waals surface area contributed by atoms with Gasteiger partial charge in [0.05, 0.1) is 13.2 Å². The molecule has 4 nitrogen and oxygen atoms in total. The normalized spacial score (nSPS) is 8.67. The van der Waals surface area contributed by atoms with Crippen LogP contribution in [0.5, 0.6) is 0 Å².